The van der Waals surface area contributed by atoms with Crippen LogP contribution in [0.15, 0.2) is 42.5 Å². The smallest absolute Gasteiger partial charge is 0.251 e. The summed E-state index contributed by atoms with van der Waals surface area (Å²) < 4.78 is 1.66. The highest BCUT2D eigenvalue weighted by molar-refractivity contribution is 6.01. The van der Waals surface area contributed by atoms with Gasteiger partial charge in [-0.05, 0) is 48.2 Å². The molecule has 0 spiro atoms. The van der Waals surface area contributed by atoms with Gasteiger partial charge >= 0.3 is 0 Å². The van der Waals surface area contributed by atoms with E-state index in [1.54, 1.807) is 42.9 Å². The number of amides is 2. The minimum Gasteiger partial charge on any atom is -0.341 e. The summed E-state index contributed by atoms with van der Waals surface area (Å²) in [5, 5.41) is 13.5. The summed E-state index contributed by atoms with van der Waals surface area (Å²) in [6.45, 7) is 8.00. The van der Waals surface area contributed by atoms with Crippen molar-refractivity contribution in [1.29, 1.82) is 0 Å². The van der Waals surface area contributed by atoms with Crippen LogP contribution in [0.1, 0.15) is 43.6 Å². The van der Waals surface area contributed by atoms with E-state index in [0.29, 0.717) is 16.8 Å². The lowest BCUT2D eigenvalue weighted by molar-refractivity contribution is -0.117. The van der Waals surface area contributed by atoms with E-state index in [9.17, 15) is 9.59 Å². The van der Waals surface area contributed by atoms with Gasteiger partial charge in [0.25, 0.3) is 5.91 Å². The Labute approximate surface area is 164 Å². The number of fused-ring (bicyclic) bond motifs is 1. The van der Waals surface area contributed by atoms with Gasteiger partial charge in [-0.2, -0.15) is 0 Å². The van der Waals surface area contributed by atoms with Crippen molar-refractivity contribution in [2.45, 2.75) is 39.2 Å². The number of hydrogen-bond donors (Lipinski definition) is 2. The molecule has 146 valence electrons. The number of carbonyl (C=O) groups excluding carboxylic acids is 2. The van der Waals surface area contributed by atoms with Crippen molar-refractivity contribution in [3.8, 4) is 0 Å². The van der Waals surface area contributed by atoms with Crippen LogP contribution in [0.4, 0.5) is 5.69 Å². The second-order valence-corrected chi connectivity index (χ2v) is 7.93. The first kappa shape index (κ1) is 19.5. The molecule has 1 aromatic heterocycles. The Bertz CT molecular complexity index is 1020. The molecule has 3 aromatic rings. The Morgan fingerprint density at radius 1 is 1.07 bits per heavy atom. The summed E-state index contributed by atoms with van der Waals surface area (Å²) in [7, 11) is 1.80. The topological polar surface area (TPSA) is 88.9 Å². The number of benzene rings is 2. The lowest BCUT2D eigenvalue weighted by atomic mass is 9.86. The maximum Gasteiger partial charge on any atom is 0.251 e. The van der Waals surface area contributed by atoms with Gasteiger partial charge in [0.05, 0.1) is 5.52 Å². The summed E-state index contributed by atoms with van der Waals surface area (Å²) in [6, 6.07) is 12.1. The highest BCUT2D eigenvalue weighted by atomic mass is 16.2. The fourth-order valence-corrected chi connectivity index (χ4v) is 2.84. The highest BCUT2D eigenvalue weighted by Crippen LogP contribution is 2.22. The van der Waals surface area contributed by atoms with Gasteiger partial charge in [0.2, 0.25) is 5.91 Å². The van der Waals surface area contributed by atoms with Crippen molar-refractivity contribution in [2.24, 2.45) is 7.05 Å². The molecular weight excluding hydrogens is 354 g/mol. The zero-order chi connectivity index (χ0) is 20.5. The first-order valence-corrected chi connectivity index (χ1v) is 9.17. The monoisotopic (exact) mass is 379 g/mol. The third-order valence-corrected chi connectivity index (χ3v) is 4.63. The third-order valence-electron chi connectivity index (χ3n) is 4.63. The van der Waals surface area contributed by atoms with E-state index in [4.69, 9.17) is 0 Å². The largest absolute Gasteiger partial charge is 0.341 e. The third kappa shape index (κ3) is 4.19. The quantitative estimate of drug-likeness (QED) is 0.729. The summed E-state index contributed by atoms with van der Waals surface area (Å²) in [5.41, 5.74) is 3.86. The van der Waals surface area contributed by atoms with Crippen LogP contribution in [0.3, 0.4) is 0 Å². The molecule has 0 aliphatic heterocycles. The molecule has 0 aliphatic carbocycles. The molecule has 2 aromatic carbocycles. The van der Waals surface area contributed by atoms with Crippen molar-refractivity contribution in [3.63, 3.8) is 0 Å². The van der Waals surface area contributed by atoms with Gasteiger partial charge in [-0.1, -0.05) is 38.1 Å². The van der Waals surface area contributed by atoms with Gasteiger partial charge in [-0.25, -0.2) is 4.68 Å². The van der Waals surface area contributed by atoms with E-state index in [2.05, 4.69) is 41.7 Å². The zero-order valence-electron chi connectivity index (χ0n) is 16.8. The van der Waals surface area contributed by atoms with E-state index in [1.807, 2.05) is 18.2 Å². The van der Waals surface area contributed by atoms with Crippen molar-refractivity contribution >= 4 is 28.5 Å². The number of aromatic nitrogens is 3. The Hall–Kier alpha value is -3.22. The summed E-state index contributed by atoms with van der Waals surface area (Å²) >= 11 is 0. The average Bonchev–Trinajstić information content (AvgIpc) is 3.01. The minimum atomic E-state index is -0.688. The van der Waals surface area contributed by atoms with Crippen LogP contribution in [-0.2, 0) is 17.3 Å². The van der Waals surface area contributed by atoms with Gasteiger partial charge in [-0.3, -0.25) is 9.59 Å². The molecule has 7 heteroatoms. The van der Waals surface area contributed by atoms with Crippen LogP contribution in [0.5, 0.6) is 0 Å². The second kappa shape index (κ2) is 7.42. The molecular formula is C21H25N5O2. The molecule has 0 fully saturated rings. The van der Waals surface area contributed by atoms with Crippen LogP contribution in [0, 0.1) is 0 Å². The number of hydrogen-bond acceptors (Lipinski definition) is 4. The van der Waals surface area contributed by atoms with E-state index < -0.39 is 6.04 Å². The molecule has 7 nitrogen and oxygen atoms in total. The molecule has 0 saturated carbocycles. The molecule has 1 heterocycles. The van der Waals surface area contributed by atoms with Crippen molar-refractivity contribution in [3.05, 3.63) is 53.6 Å². The Morgan fingerprint density at radius 3 is 2.39 bits per heavy atom. The van der Waals surface area contributed by atoms with E-state index >= 15 is 0 Å². The van der Waals surface area contributed by atoms with E-state index in [-0.39, 0.29) is 17.2 Å². The lowest BCUT2D eigenvalue weighted by Gasteiger charge is -2.19. The maximum absolute atomic E-state index is 12.4. The number of carbonyl (C=O) groups is 2. The SMILES string of the molecule is CC(NC(=O)c1ccc(C(C)(C)C)cc1)C(=O)Nc1ccc2c(c1)nnn2C. The van der Waals surface area contributed by atoms with Crippen molar-refractivity contribution in [1.82, 2.24) is 20.3 Å². The average molecular weight is 379 g/mol. The first-order chi connectivity index (χ1) is 13.1. The van der Waals surface area contributed by atoms with Gasteiger partial charge in [0, 0.05) is 18.3 Å². The zero-order valence-corrected chi connectivity index (χ0v) is 16.8. The number of aryl methyl sites for hydroxylation is 1. The van der Waals surface area contributed by atoms with E-state index in [0.717, 1.165) is 11.1 Å². The van der Waals surface area contributed by atoms with Crippen LogP contribution < -0.4 is 10.6 Å². The Kier molecular flexibility index (Phi) is 5.18. The standard InChI is InChI=1S/C21H25N5O2/c1-13(22-20(28)14-6-8-15(9-7-14)21(2,3)4)19(27)23-16-10-11-18-17(12-16)24-25-26(18)5/h6-13H,1-5H3,(H,22,28)(H,23,27). The molecule has 1 atom stereocenters. The molecule has 0 aliphatic rings. The number of nitrogens with one attached hydrogen (secondary N) is 2. The predicted octanol–water partition coefficient (Wildman–Crippen LogP) is 3.02. The number of anilines is 1. The fraction of sp³-hybridized carbons (Fsp3) is 0.333. The van der Waals surface area contributed by atoms with Crippen LogP contribution in [0.25, 0.3) is 11.0 Å². The van der Waals surface area contributed by atoms with Crippen LogP contribution in [0.2, 0.25) is 0 Å². The van der Waals surface area contributed by atoms with Crippen molar-refractivity contribution in [2.75, 3.05) is 5.32 Å². The van der Waals surface area contributed by atoms with E-state index in [1.165, 1.54) is 0 Å². The van der Waals surface area contributed by atoms with Crippen molar-refractivity contribution < 1.29 is 9.59 Å². The molecule has 2 N–H and O–H groups in total. The number of nitrogens with zero attached hydrogens (tertiary/aromatic N) is 3. The van der Waals surface area contributed by atoms with Crippen LogP contribution in [-0.4, -0.2) is 32.9 Å². The Balaban J connectivity index is 1.63. The second-order valence-electron chi connectivity index (χ2n) is 7.93. The van der Waals surface area contributed by atoms with Gasteiger partial charge < -0.3 is 10.6 Å². The summed E-state index contributed by atoms with van der Waals surface area (Å²) in [5.74, 6) is -0.588. The van der Waals surface area contributed by atoms with Gasteiger partial charge in [0.1, 0.15) is 11.6 Å². The molecule has 2 amide bonds. The van der Waals surface area contributed by atoms with Crippen LogP contribution >= 0.6 is 0 Å². The molecule has 1 unspecified atom stereocenters. The molecule has 0 saturated heterocycles. The normalized spacial score (nSPS) is 12.6. The summed E-state index contributed by atoms with van der Waals surface area (Å²) in [6.07, 6.45) is 0. The first-order valence-electron chi connectivity index (χ1n) is 9.17. The van der Waals surface area contributed by atoms with Gasteiger partial charge in [0.15, 0.2) is 0 Å². The predicted molar refractivity (Wildman–Crippen MR) is 109 cm³/mol. The Morgan fingerprint density at radius 2 is 1.75 bits per heavy atom. The molecule has 0 radical (unpaired) electrons. The molecule has 28 heavy (non-hydrogen) atoms. The molecule has 0 bridgehead atoms. The van der Waals surface area contributed by atoms with Gasteiger partial charge in [-0.15, -0.1) is 5.10 Å². The maximum atomic E-state index is 12.4. The number of rotatable bonds is 4. The fourth-order valence-electron chi connectivity index (χ4n) is 2.84. The minimum absolute atomic E-state index is 0.0203. The highest BCUT2D eigenvalue weighted by Gasteiger charge is 2.18. The molecule has 3 rings (SSSR count). The lowest BCUT2D eigenvalue weighted by Crippen LogP contribution is -2.41. The summed E-state index contributed by atoms with van der Waals surface area (Å²) in [4.78, 5) is 24.9.